The first kappa shape index (κ1) is 15.5. The molecule has 0 unspecified atom stereocenters. The zero-order valence-electron chi connectivity index (χ0n) is 13.1. The number of rotatable bonds is 3. The Hall–Kier alpha value is -2.04. The molecule has 0 N–H and O–H groups in total. The summed E-state index contributed by atoms with van der Waals surface area (Å²) in [6.45, 7) is 2.10. The molecule has 0 aliphatic heterocycles. The zero-order valence-corrected chi connectivity index (χ0v) is 15.5. The lowest BCUT2D eigenvalue weighted by atomic mass is 10.1. The number of hydrogen-bond acceptors (Lipinski definition) is 2. The van der Waals surface area contributed by atoms with Crippen molar-refractivity contribution in [3.63, 3.8) is 0 Å². The van der Waals surface area contributed by atoms with E-state index in [2.05, 4.69) is 82.0 Å². The minimum absolute atomic E-state index is 0.965. The molecule has 0 aliphatic rings. The smallest absolute Gasteiger partial charge is 0.138 e. The second-order valence-corrected chi connectivity index (χ2v) is 7.59. The second-order valence-electron chi connectivity index (χ2n) is 5.62. The van der Waals surface area contributed by atoms with Crippen LogP contribution in [0, 0.1) is 6.92 Å². The topological polar surface area (TPSA) is 17.3 Å². The van der Waals surface area contributed by atoms with Crippen LogP contribution >= 0.6 is 27.7 Å². The highest BCUT2D eigenvalue weighted by atomic mass is 79.9. The monoisotopic (exact) mass is 394 g/mol. The molecule has 0 radical (unpaired) electrons. The fourth-order valence-corrected chi connectivity index (χ4v) is 3.86. The van der Waals surface area contributed by atoms with Crippen LogP contribution < -0.4 is 0 Å². The third-order valence-corrected chi connectivity index (χ3v) is 5.46. The van der Waals surface area contributed by atoms with E-state index < -0.39 is 0 Å². The molecule has 2 aromatic carbocycles. The van der Waals surface area contributed by atoms with Crippen LogP contribution in [0.15, 0.2) is 87.3 Å². The minimum Gasteiger partial charge on any atom is -0.294 e. The Bertz CT molecular complexity index is 989. The molecule has 2 heterocycles. The average molecular weight is 395 g/mol. The van der Waals surface area contributed by atoms with Gasteiger partial charge in [-0.15, -0.1) is 0 Å². The molecule has 0 bridgehead atoms. The number of hydrogen-bond donors (Lipinski definition) is 0. The summed E-state index contributed by atoms with van der Waals surface area (Å²) in [5, 5.41) is 1.14. The van der Waals surface area contributed by atoms with Crippen molar-refractivity contribution < 1.29 is 0 Å². The predicted molar refractivity (Wildman–Crippen MR) is 104 cm³/mol. The number of fused-ring (bicyclic) bond motifs is 1. The molecule has 0 spiro atoms. The molecular formula is C20H15BrN2S. The fourth-order valence-electron chi connectivity index (χ4n) is 2.58. The molecule has 118 valence electrons. The number of pyridine rings is 1. The van der Waals surface area contributed by atoms with E-state index in [0.29, 0.717) is 0 Å². The lowest BCUT2D eigenvalue weighted by Crippen LogP contribution is -1.87. The molecule has 4 heteroatoms. The van der Waals surface area contributed by atoms with Crippen LogP contribution in [0.3, 0.4) is 0 Å². The van der Waals surface area contributed by atoms with Gasteiger partial charge in [0.05, 0.1) is 0 Å². The van der Waals surface area contributed by atoms with Crippen LogP contribution in [-0.4, -0.2) is 9.38 Å². The summed E-state index contributed by atoms with van der Waals surface area (Å²) in [7, 11) is 0. The summed E-state index contributed by atoms with van der Waals surface area (Å²) in [6.07, 6.45) is 2.07. The summed E-state index contributed by atoms with van der Waals surface area (Å²) >= 11 is 5.23. The van der Waals surface area contributed by atoms with Crippen LogP contribution in [0.4, 0.5) is 0 Å². The van der Waals surface area contributed by atoms with Crippen molar-refractivity contribution in [2.45, 2.75) is 16.8 Å². The molecule has 0 saturated carbocycles. The largest absolute Gasteiger partial charge is 0.294 e. The van der Waals surface area contributed by atoms with Gasteiger partial charge in [-0.2, -0.15) is 0 Å². The Labute approximate surface area is 153 Å². The molecule has 0 atom stereocenters. The fraction of sp³-hybridized carbons (Fsp3) is 0.0500. The third kappa shape index (κ3) is 2.99. The van der Waals surface area contributed by atoms with Crippen molar-refractivity contribution in [1.29, 1.82) is 0 Å². The van der Waals surface area contributed by atoms with E-state index in [9.17, 15) is 0 Å². The number of aryl methyl sites for hydroxylation is 1. The first-order valence-electron chi connectivity index (χ1n) is 7.68. The molecule has 4 aromatic rings. The van der Waals surface area contributed by atoms with Gasteiger partial charge in [0, 0.05) is 21.1 Å². The van der Waals surface area contributed by atoms with Gasteiger partial charge in [-0.05, 0) is 43.3 Å². The zero-order chi connectivity index (χ0) is 16.5. The van der Waals surface area contributed by atoms with Crippen molar-refractivity contribution >= 4 is 33.3 Å². The Kier molecular flexibility index (Phi) is 4.17. The summed E-state index contributed by atoms with van der Waals surface area (Å²) in [5.41, 5.74) is 4.38. The minimum atomic E-state index is 0.965. The van der Waals surface area contributed by atoms with Crippen LogP contribution in [0.25, 0.3) is 16.9 Å². The quantitative estimate of drug-likeness (QED) is 0.410. The maximum absolute atomic E-state index is 4.86. The van der Waals surface area contributed by atoms with E-state index >= 15 is 0 Å². The summed E-state index contributed by atoms with van der Waals surface area (Å²) in [4.78, 5) is 6.05. The van der Waals surface area contributed by atoms with Gasteiger partial charge in [0.15, 0.2) is 0 Å². The molecular weight excluding hydrogens is 380 g/mol. The maximum Gasteiger partial charge on any atom is 0.138 e. The normalized spacial score (nSPS) is 11.1. The van der Waals surface area contributed by atoms with Gasteiger partial charge in [0.25, 0.3) is 0 Å². The van der Waals surface area contributed by atoms with Gasteiger partial charge in [-0.1, -0.05) is 63.6 Å². The van der Waals surface area contributed by atoms with Crippen LogP contribution in [0.1, 0.15) is 5.56 Å². The van der Waals surface area contributed by atoms with Crippen LogP contribution in [0.5, 0.6) is 0 Å². The van der Waals surface area contributed by atoms with Crippen LogP contribution in [0.2, 0.25) is 0 Å². The van der Waals surface area contributed by atoms with E-state index in [0.717, 1.165) is 26.4 Å². The molecule has 24 heavy (non-hydrogen) atoms. The van der Waals surface area contributed by atoms with Gasteiger partial charge in [0.2, 0.25) is 0 Å². The number of aromatic nitrogens is 2. The highest BCUT2D eigenvalue weighted by Crippen LogP contribution is 2.36. The third-order valence-electron chi connectivity index (χ3n) is 3.84. The lowest BCUT2D eigenvalue weighted by Gasteiger charge is -2.06. The number of imidazole rings is 1. The number of nitrogens with zero attached hydrogens (tertiary/aromatic N) is 2. The first-order chi connectivity index (χ1) is 11.7. The van der Waals surface area contributed by atoms with E-state index in [1.807, 2.05) is 18.2 Å². The molecule has 0 amide bonds. The Morgan fingerprint density at radius 2 is 1.67 bits per heavy atom. The first-order valence-corrected chi connectivity index (χ1v) is 9.29. The van der Waals surface area contributed by atoms with Crippen molar-refractivity contribution in [2.24, 2.45) is 0 Å². The molecule has 0 aliphatic carbocycles. The van der Waals surface area contributed by atoms with Crippen LogP contribution in [-0.2, 0) is 0 Å². The Morgan fingerprint density at radius 1 is 0.917 bits per heavy atom. The van der Waals surface area contributed by atoms with E-state index in [1.54, 1.807) is 11.8 Å². The number of benzene rings is 2. The SMILES string of the molecule is Cc1ccc(-c2nc3ccccn3c2Sc2ccc(Br)cc2)cc1. The second kappa shape index (κ2) is 6.46. The van der Waals surface area contributed by atoms with Gasteiger partial charge < -0.3 is 0 Å². The molecule has 0 saturated heterocycles. The van der Waals surface area contributed by atoms with Gasteiger partial charge in [0.1, 0.15) is 16.4 Å². The van der Waals surface area contributed by atoms with Crippen molar-refractivity contribution in [3.05, 3.63) is 83.0 Å². The molecule has 2 aromatic heterocycles. The molecule has 2 nitrogen and oxygen atoms in total. The summed E-state index contributed by atoms with van der Waals surface area (Å²) < 4.78 is 3.24. The highest BCUT2D eigenvalue weighted by molar-refractivity contribution is 9.10. The maximum atomic E-state index is 4.86. The predicted octanol–water partition coefficient (Wildman–Crippen LogP) is 6.22. The summed E-state index contributed by atoms with van der Waals surface area (Å²) in [5.74, 6) is 0. The highest BCUT2D eigenvalue weighted by Gasteiger charge is 2.15. The average Bonchev–Trinajstić information content (AvgIpc) is 2.96. The van der Waals surface area contributed by atoms with Crippen molar-refractivity contribution in [3.8, 4) is 11.3 Å². The van der Waals surface area contributed by atoms with Crippen molar-refractivity contribution in [2.75, 3.05) is 0 Å². The summed E-state index contributed by atoms with van der Waals surface area (Å²) in [6, 6.07) is 23.0. The Morgan fingerprint density at radius 3 is 2.42 bits per heavy atom. The van der Waals surface area contributed by atoms with E-state index in [4.69, 9.17) is 4.98 Å². The van der Waals surface area contributed by atoms with Gasteiger partial charge >= 0.3 is 0 Å². The van der Waals surface area contributed by atoms with Crippen molar-refractivity contribution in [1.82, 2.24) is 9.38 Å². The molecule has 0 fully saturated rings. The van der Waals surface area contributed by atoms with E-state index in [-0.39, 0.29) is 0 Å². The van der Waals surface area contributed by atoms with Gasteiger partial charge in [-0.3, -0.25) is 4.40 Å². The standard InChI is InChI=1S/C20H15BrN2S/c1-14-5-7-15(8-6-14)19-20(23-13-3-2-4-18(23)22-19)24-17-11-9-16(21)10-12-17/h2-13H,1H3. The molecule has 4 rings (SSSR count). The van der Waals surface area contributed by atoms with Gasteiger partial charge in [-0.25, -0.2) is 4.98 Å². The lowest BCUT2D eigenvalue weighted by molar-refractivity contribution is 1.05. The Balaban J connectivity index is 1.86. The van der Waals surface area contributed by atoms with E-state index in [1.165, 1.54) is 10.5 Å². The number of halogens is 1.